The second kappa shape index (κ2) is 6.34. The molecule has 1 aliphatic heterocycles. The molecule has 0 spiro atoms. The standard InChI is InChI=1S/C20H27N3O/c1-13(2)19-18-9-7-16(5)22(18)10-11-23(19)20(24)21-17-8-6-14(3)12-15(17)4/h6-9,12-13,19H,10-11H2,1-5H3,(H,21,24)/t19-/m0/s1. The van der Waals surface area contributed by atoms with Crippen LogP contribution in [0.25, 0.3) is 0 Å². The molecule has 0 bridgehead atoms. The van der Waals surface area contributed by atoms with Gasteiger partial charge in [0, 0.05) is 30.2 Å². The van der Waals surface area contributed by atoms with E-state index >= 15 is 0 Å². The highest BCUT2D eigenvalue weighted by Crippen LogP contribution is 2.34. The molecule has 0 radical (unpaired) electrons. The van der Waals surface area contributed by atoms with Crippen LogP contribution in [0.15, 0.2) is 30.3 Å². The maximum Gasteiger partial charge on any atom is 0.322 e. The summed E-state index contributed by atoms with van der Waals surface area (Å²) in [4.78, 5) is 14.9. The van der Waals surface area contributed by atoms with Crippen molar-refractivity contribution in [3.63, 3.8) is 0 Å². The molecule has 128 valence electrons. The zero-order valence-electron chi connectivity index (χ0n) is 15.3. The summed E-state index contributed by atoms with van der Waals surface area (Å²) < 4.78 is 2.34. The minimum absolute atomic E-state index is 0.00856. The maximum absolute atomic E-state index is 12.9. The Morgan fingerprint density at radius 2 is 1.88 bits per heavy atom. The number of anilines is 1. The molecule has 24 heavy (non-hydrogen) atoms. The van der Waals surface area contributed by atoms with Crippen molar-refractivity contribution in [1.29, 1.82) is 0 Å². The first-order valence-corrected chi connectivity index (χ1v) is 8.69. The van der Waals surface area contributed by atoms with E-state index in [-0.39, 0.29) is 12.1 Å². The number of hydrogen-bond donors (Lipinski definition) is 1. The summed E-state index contributed by atoms with van der Waals surface area (Å²) >= 11 is 0. The van der Waals surface area contributed by atoms with Gasteiger partial charge in [-0.2, -0.15) is 0 Å². The fourth-order valence-corrected chi connectivity index (χ4v) is 3.73. The summed E-state index contributed by atoms with van der Waals surface area (Å²) in [6.45, 7) is 12.2. The van der Waals surface area contributed by atoms with Crippen LogP contribution in [0.2, 0.25) is 0 Å². The zero-order valence-corrected chi connectivity index (χ0v) is 15.3. The van der Waals surface area contributed by atoms with Crippen LogP contribution in [-0.2, 0) is 6.54 Å². The lowest BCUT2D eigenvalue weighted by atomic mass is 9.97. The van der Waals surface area contributed by atoms with Crippen LogP contribution in [0, 0.1) is 26.7 Å². The number of hydrogen-bond acceptors (Lipinski definition) is 1. The molecule has 0 saturated carbocycles. The van der Waals surface area contributed by atoms with E-state index in [0.29, 0.717) is 5.92 Å². The Kier molecular flexibility index (Phi) is 4.39. The lowest BCUT2D eigenvalue weighted by molar-refractivity contribution is 0.143. The molecule has 0 aliphatic carbocycles. The van der Waals surface area contributed by atoms with Crippen molar-refractivity contribution in [1.82, 2.24) is 9.47 Å². The first-order chi connectivity index (χ1) is 11.4. The minimum Gasteiger partial charge on any atom is -0.345 e. The number of rotatable bonds is 2. The molecular formula is C20H27N3O. The van der Waals surface area contributed by atoms with Gasteiger partial charge in [-0.15, -0.1) is 0 Å². The van der Waals surface area contributed by atoms with E-state index in [1.165, 1.54) is 17.0 Å². The van der Waals surface area contributed by atoms with Crippen molar-refractivity contribution in [2.24, 2.45) is 5.92 Å². The average molecular weight is 325 g/mol. The predicted octanol–water partition coefficient (Wildman–Crippen LogP) is 4.66. The number of benzene rings is 1. The molecule has 1 aliphatic rings. The number of nitrogens with zero attached hydrogens (tertiary/aromatic N) is 2. The van der Waals surface area contributed by atoms with Crippen molar-refractivity contribution >= 4 is 11.7 Å². The largest absolute Gasteiger partial charge is 0.345 e. The van der Waals surface area contributed by atoms with Gasteiger partial charge in [0.25, 0.3) is 0 Å². The van der Waals surface area contributed by atoms with Crippen LogP contribution in [-0.4, -0.2) is 22.0 Å². The molecule has 4 nitrogen and oxygen atoms in total. The molecule has 0 unspecified atom stereocenters. The van der Waals surface area contributed by atoms with Crippen molar-refractivity contribution in [3.8, 4) is 0 Å². The molecule has 0 saturated heterocycles. The van der Waals surface area contributed by atoms with Gasteiger partial charge in [-0.25, -0.2) is 4.79 Å². The van der Waals surface area contributed by atoms with Crippen LogP contribution in [0.3, 0.4) is 0 Å². The Morgan fingerprint density at radius 3 is 2.54 bits per heavy atom. The van der Waals surface area contributed by atoms with E-state index in [4.69, 9.17) is 0 Å². The molecule has 0 fully saturated rings. The quantitative estimate of drug-likeness (QED) is 0.857. The number of carbonyl (C=O) groups excluding carboxylic acids is 1. The summed E-state index contributed by atoms with van der Waals surface area (Å²) in [6.07, 6.45) is 0. The molecule has 2 aromatic rings. The van der Waals surface area contributed by atoms with E-state index in [1.54, 1.807) is 0 Å². The number of nitrogens with one attached hydrogen (secondary N) is 1. The lowest BCUT2D eigenvalue weighted by Crippen LogP contribution is -2.46. The van der Waals surface area contributed by atoms with Gasteiger partial charge in [0.2, 0.25) is 0 Å². The Hall–Kier alpha value is -2.23. The molecular weight excluding hydrogens is 298 g/mol. The Bertz CT molecular complexity index is 760. The van der Waals surface area contributed by atoms with Crippen molar-refractivity contribution in [3.05, 3.63) is 52.8 Å². The summed E-state index contributed by atoms with van der Waals surface area (Å²) in [5.74, 6) is 0.364. The first kappa shape index (κ1) is 16.6. The minimum atomic E-state index is -0.00856. The van der Waals surface area contributed by atoms with Crippen LogP contribution < -0.4 is 5.32 Å². The van der Waals surface area contributed by atoms with E-state index < -0.39 is 0 Å². The first-order valence-electron chi connectivity index (χ1n) is 8.69. The van der Waals surface area contributed by atoms with Crippen molar-refractivity contribution in [2.45, 2.75) is 47.2 Å². The second-order valence-electron chi connectivity index (χ2n) is 7.18. The van der Waals surface area contributed by atoms with Gasteiger partial charge in [-0.05, 0) is 50.5 Å². The monoisotopic (exact) mass is 325 g/mol. The Labute approximate surface area is 144 Å². The Morgan fingerprint density at radius 1 is 1.12 bits per heavy atom. The summed E-state index contributed by atoms with van der Waals surface area (Å²) in [5.41, 5.74) is 5.71. The van der Waals surface area contributed by atoms with E-state index in [1.807, 2.05) is 24.0 Å². The number of urea groups is 1. The van der Waals surface area contributed by atoms with Gasteiger partial charge in [-0.3, -0.25) is 0 Å². The van der Waals surface area contributed by atoms with Gasteiger partial charge < -0.3 is 14.8 Å². The van der Waals surface area contributed by atoms with E-state index in [0.717, 1.165) is 24.3 Å². The third-order valence-corrected chi connectivity index (χ3v) is 4.95. The number of fused-ring (bicyclic) bond motifs is 1. The van der Waals surface area contributed by atoms with Crippen LogP contribution in [0.4, 0.5) is 10.5 Å². The molecule has 4 heteroatoms. The number of aromatic nitrogens is 1. The van der Waals surface area contributed by atoms with Crippen molar-refractivity contribution < 1.29 is 4.79 Å². The molecule has 2 amide bonds. The third-order valence-electron chi connectivity index (χ3n) is 4.95. The normalized spacial score (nSPS) is 17.1. The van der Waals surface area contributed by atoms with Gasteiger partial charge in [0.1, 0.15) is 0 Å². The van der Waals surface area contributed by atoms with Crippen LogP contribution >= 0.6 is 0 Å². The molecule has 1 aromatic heterocycles. The molecule has 1 aromatic carbocycles. The number of aryl methyl sites for hydroxylation is 3. The molecule has 1 atom stereocenters. The van der Waals surface area contributed by atoms with Gasteiger partial charge in [0.15, 0.2) is 0 Å². The highest BCUT2D eigenvalue weighted by atomic mass is 16.2. The smallest absolute Gasteiger partial charge is 0.322 e. The summed E-state index contributed by atoms with van der Waals surface area (Å²) in [5, 5.41) is 3.11. The highest BCUT2D eigenvalue weighted by Gasteiger charge is 2.33. The SMILES string of the molecule is Cc1ccc(NC(=O)N2CCn3c(C)ccc3[C@@H]2C(C)C)c(C)c1. The van der Waals surface area contributed by atoms with E-state index in [9.17, 15) is 4.79 Å². The zero-order chi connectivity index (χ0) is 17.4. The van der Waals surface area contributed by atoms with Gasteiger partial charge >= 0.3 is 6.03 Å². The van der Waals surface area contributed by atoms with Gasteiger partial charge in [0.05, 0.1) is 6.04 Å². The fraction of sp³-hybridized carbons (Fsp3) is 0.450. The molecule has 1 N–H and O–H groups in total. The Balaban J connectivity index is 1.86. The summed E-state index contributed by atoms with van der Waals surface area (Å²) in [7, 11) is 0. The molecule has 2 heterocycles. The fourth-order valence-electron chi connectivity index (χ4n) is 3.73. The van der Waals surface area contributed by atoms with Crippen LogP contribution in [0.1, 0.15) is 42.4 Å². The van der Waals surface area contributed by atoms with Gasteiger partial charge in [-0.1, -0.05) is 31.5 Å². The van der Waals surface area contributed by atoms with Crippen LogP contribution in [0.5, 0.6) is 0 Å². The maximum atomic E-state index is 12.9. The molecule has 3 rings (SSSR count). The highest BCUT2D eigenvalue weighted by molar-refractivity contribution is 5.90. The number of carbonyl (C=O) groups is 1. The second-order valence-corrected chi connectivity index (χ2v) is 7.18. The van der Waals surface area contributed by atoms with E-state index in [2.05, 4.69) is 55.8 Å². The summed E-state index contributed by atoms with van der Waals surface area (Å²) in [6, 6.07) is 10.5. The topological polar surface area (TPSA) is 37.3 Å². The lowest BCUT2D eigenvalue weighted by Gasteiger charge is -2.39. The third kappa shape index (κ3) is 2.93. The predicted molar refractivity (Wildman–Crippen MR) is 98.4 cm³/mol. The average Bonchev–Trinajstić information content (AvgIpc) is 2.90. The van der Waals surface area contributed by atoms with Crippen molar-refractivity contribution in [2.75, 3.05) is 11.9 Å². The number of amides is 2.